The minimum atomic E-state index is 0.00310. The summed E-state index contributed by atoms with van der Waals surface area (Å²) in [6, 6.07) is 11.7. The van der Waals surface area contributed by atoms with Crippen molar-refractivity contribution in [3.8, 4) is 0 Å². The molecule has 20 heavy (non-hydrogen) atoms. The maximum Gasteiger partial charge on any atom is 0.255 e. The van der Waals surface area contributed by atoms with Crippen molar-refractivity contribution in [2.45, 2.75) is 18.7 Å². The van der Waals surface area contributed by atoms with Crippen LogP contribution in [0.3, 0.4) is 0 Å². The van der Waals surface area contributed by atoms with Crippen LogP contribution in [-0.2, 0) is 6.42 Å². The maximum absolute atomic E-state index is 12.6. The molecule has 0 unspecified atom stereocenters. The largest absolute Gasteiger partial charge is 0.466 e. The molecule has 104 valence electrons. The van der Waals surface area contributed by atoms with Crippen LogP contribution in [0.5, 0.6) is 0 Å². The molecule has 3 rings (SSSR count). The molecule has 1 aliphatic heterocycles. The van der Waals surface area contributed by atoms with E-state index in [9.17, 15) is 4.79 Å². The zero-order valence-corrected chi connectivity index (χ0v) is 12.2. The Hall–Kier alpha value is -1.68. The van der Waals surface area contributed by atoms with Crippen LogP contribution in [0.1, 0.15) is 34.0 Å². The van der Waals surface area contributed by atoms with E-state index in [2.05, 4.69) is 6.92 Å². The van der Waals surface area contributed by atoms with E-state index in [1.807, 2.05) is 41.3 Å². The molecule has 0 radical (unpaired) electrons. The second-order valence-electron chi connectivity index (χ2n) is 4.79. The highest BCUT2D eigenvalue weighted by Gasteiger charge is 2.32. The van der Waals surface area contributed by atoms with Gasteiger partial charge in [0.1, 0.15) is 11.1 Å². The number of nitrogens with zero attached hydrogens (tertiary/aromatic N) is 1. The van der Waals surface area contributed by atoms with E-state index < -0.39 is 0 Å². The van der Waals surface area contributed by atoms with Gasteiger partial charge in [-0.1, -0.05) is 19.1 Å². The average Bonchev–Trinajstić information content (AvgIpc) is 3.16. The van der Waals surface area contributed by atoms with Crippen molar-refractivity contribution < 1.29 is 9.21 Å². The Labute approximate surface area is 123 Å². The summed E-state index contributed by atoms with van der Waals surface area (Å²) in [6.45, 7) is 2.88. The molecule has 0 bridgehead atoms. The van der Waals surface area contributed by atoms with Crippen LogP contribution in [0.15, 0.2) is 47.1 Å². The van der Waals surface area contributed by atoms with Gasteiger partial charge in [-0.25, -0.2) is 0 Å². The van der Waals surface area contributed by atoms with Gasteiger partial charge in [0, 0.05) is 17.9 Å². The Morgan fingerprint density at radius 3 is 2.80 bits per heavy atom. The standard InChI is InChI=1S/C16H17NO2S/c1-2-12-5-7-13(8-6-12)15(18)17-9-11-20-16(17)14-4-3-10-19-14/h3-8,10,16H,2,9,11H2,1H3/t16-/m0/s1. The number of furan rings is 1. The molecule has 1 aliphatic rings. The van der Waals surface area contributed by atoms with Crippen molar-refractivity contribution in [1.82, 2.24) is 4.90 Å². The molecule has 0 aliphatic carbocycles. The molecule has 4 heteroatoms. The van der Waals surface area contributed by atoms with E-state index in [0.717, 1.165) is 30.0 Å². The van der Waals surface area contributed by atoms with E-state index in [4.69, 9.17) is 4.42 Å². The van der Waals surface area contributed by atoms with Crippen molar-refractivity contribution in [1.29, 1.82) is 0 Å². The van der Waals surface area contributed by atoms with Crippen LogP contribution in [0.4, 0.5) is 0 Å². The number of aryl methyl sites for hydroxylation is 1. The minimum absolute atomic E-state index is 0.00310. The summed E-state index contributed by atoms with van der Waals surface area (Å²) in [5.74, 6) is 1.88. The molecular weight excluding hydrogens is 270 g/mol. The van der Waals surface area contributed by atoms with Crippen LogP contribution >= 0.6 is 11.8 Å². The molecule has 1 fully saturated rings. The smallest absolute Gasteiger partial charge is 0.255 e. The predicted molar refractivity (Wildman–Crippen MR) is 80.8 cm³/mol. The highest BCUT2D eigenvalue weighted by atomic mass is 32.2. The zero-order valence-electron chi connectivity index (χ0n) is 11.4. The van der Waals surface area contributed by atoms with E-state index >= 15 is 0 Å². The van der Waals surface area contributed by atoms with Gasteiger partial charge < -0.3 is 9.32 Å². The lowest BCUT2D eigenvalue weighted by Gasteiger charge is -2.22. The number of thioether (sulfide) groups is 1. The summed E-state index contributed by atoms with van der Waals surface area (Å²) in [7, 11) is 0. The van der Waals surface area contributed by atoms with Crippen molar-refractivity contribution in [2.75, 3.05) is 12.3 Å². The van der Waals surface area contributed by atoms with Gasteiger partial charge >= 0.3 is 0 Å². The Kier molecular flexibility index (Phi) is 3.83. The number of carbonyl (C=O) groups excluding carboxylic acids is 1. The minimum Gasteiger partial charge on any atom is -0.466 e. The second-order valence-corrected chi connectivity index (χ2v) is 5.98. The summed E-state index contributed by atoms with van der Waals surface area (Å²) >= 11 is 1.75. The van der Waals surface area contributed by atoms with Gasteiger partial charge in [0.15, 0.2) is 0 Å². The second kappa shape index (κ2) is 5.75. The summed E-state index contributed by atoms with van der Waals surface area (Å²) in [5, 5.41) is 0.00310. The highest BCUT2D eigenvalue weighted by molar-refractivity contribution is 7.99. The zero-order chi connectivity index (χ0) is 13.9. The van der Waals surface area contributed by atoms with Gasteiger partial charge in [-0.15, -0.1) is 11.8 Å². The third-order valence-electron chi connectivity index (χ3n) is 3.55. The van der Waals surface area contributed by atoms with E-state index in [1.165, 1.54) is 5.56 Å². The molecule has 3 nitrogen and oxygen atoms in total. The molecular formula is C16H17NO2S. The summed E-state index contributed by atoms with van der Waals surface area (Å²) in [4.78, 5) is 14.5. The van der Waals surface area contributed by atoms with Crippen molar-refractivity contribution >= 4 is 17.7 Å². The van der Waals surface area contributed by atoms with Gasteiger partial charge in [0.2, 0.25) is 0 Å². The lowest BCUT2D eigenvalue weighted by molar-refractivity contribution is 0.0749. The van der Waals surface area contributed by atoms with Crippen LogP contribution < -0.4 is 0 Å². The fourth-order valence-electron chi connectivity index (χ4n) is 2.39. The molecule has 0 spiro atoms. The normalized spacial score (nSPS) is 18.4. The van der Waals surface area contributed by atoms with Crippen LogP contribution in [0.25, 0.3) is 0 Å². The number of rotatable bonds is 3. The lowest BCUT2D eigenvalue weighted by atomic mass is 10.1. The number of benzene rings is 1. The summed E-state index contributed by atoms with van der Waals surface area (Å²) < 4.78 is 5.46. The number of amides is 1. The first-order valence-corrected chi connectivity index (χ1v) is 7.89. The lowest BCUT2D eigenvalue weighted by Crippen LogP contribution is -2.30. The average molecular weight is 287 g/mol. The first kappa shape index (κ1) is 13.3. The van der Waals surface area contributed by atoms with E-state index in [0.29, 0.717) is 0 Å². The predicted octanol–water partition coefficient (Wildman–Crippen LogP) is 3.73. The van der Waals surface area contributed by atoms with Gasteiger partial charge in [0.25, 0.3) is 5.91 Å². The highest BCUT2D eigenvalue weighted by Crippen LogP contribution is 2.38. The first-order valence-electron chi connectivity index (χ1n) is 6.84. The van der Waals surface area contributed by atoms with Gasteiger partial charge in [-0.2, -0.15) is 0 Å². The molecule has 0 saturated carbocycles. The van der Waals surface area contributed by atoms with Gasteiger partial charge in [-0.3, -0.25) is 4.79 Å². The fraction of sp³-hybridized carbons (Fsp3) is 0.312. The Bertz CT molecular complexity index is 577. The molecule has 1 aromatic heterocycles. The number of hydrogen-bond donors (Lipinski definition) is 0. The maximum atomic E-state index is 12.6. The molecule has 1 amide bonds. The van der Waals surface area contributed by atoms with E-state index in [-0.39, 0.29) is 11.3 Å². The number of carbonyl (C=O) groups is 1. The van der Waals surface area contributed by atoms with Crippen LogP contribution in [0, 0.1) is 0 Å². The molecule has 1 saturated heterocycles. The third-order valence-corrected chi connectivity index (χ3v) is 4.77. The quantitative estimate of drug-likeness (QED) is 0.862. The van der Waals surface area contributed by atoms with Crippen molar-refractivity contribution in [3.05, 3.63) is 59.5 Å². The molecule has 1 atom stereocenters. The number of hydrogen-bond acceptors (Lipinski definition) is 3. The van der Waals surface area contributed by atoms with Crippen molar-refractivity contribution in [3.63, 3.8) is 0 Å². The van der Waals surface area contributed by atoms with Crippen LogP contribution in [0.2, 0.25) is 0 Å². The molecule has 2 aromatic rings. The third kappa shape index (κ3) is 2.48. The Morgan fingerprint density at radius 2 is 2.15 bits per heavy atom. The molecule has 1 aromatic carbocycles. The Morgan fingerprint density at radius 1 is 1.35 bits per heavy atom. The molecule has 2 heterocycles. The molecule has 0 N–H and O–H groups in total. The summed E-state index contributed by atoms with van der Waals surface area (Å²) in [6.07, 6.45) is 2.65. The SMILES string of the molecule is CCc1ccc(C(=O)N2CCS[C@H]2c2ccco2)cc1. The Balaban J connectivity index is 1.81. The van der Waals surface area contributed by atoms with Gasteiger partial charge in [-0.05, 0) is 36.2 Å². The fourth-order valence-corrected chi connectivity index (χ4v) is 3.60. The monoisotopic (exact) mass is 287 g/mol. The first-order chi connectivity index (χ1) is 9.79. The van der Waals surface area contributed by atoms with Crippen LogP contribution in [-0.4, -0.2) is 23.1 Å². The van der Waals surface area contributed by atoms with E-state index in [1.54, 1.807) is 18.0 Å². The van der Waals surface area contributed by atoms with Gasteiger partial charge in [0.05, 0.1) is 6.26 Å². The topological polar surface area (TPSA) is 33.5 Å². The van der Waals surface area contributed by atoms with Crippen molar-refractivity contribution in [2.24, 2.45) is 0 Å². The summed E-state index contributed by atoms with van der Waals surface area (Å²) in [5.41, 5.74) is 2.00.